The highest BCUT2D eigenvalue weighted by atomic mass is 32.2. The molecule has 0 aromatic carbocycles. The molecule has 166 valence electrons. The maximum atomic E-state index is 12.7. The number of thiazole rings is 1. The van der Waals surface area contributed by atoms with Gasteiger partial charge < -0.3 is 15.3 Å². The molecular formula is C21H26FN5O2S2. The Hall–Kier alpha value is -2.56. The van der Waals surface area contributed by atoms with Gasteiger partial charge in [0.2, 0.25) is 0 Å². The summed E-state index contributed by atoms with van der Waals surface area (Å²) >= 11 is 3.08. The molecule has 1 atom stereocenters. The third-order valence-electron chi connectivity index (χ3n) is 4.38. The van der Waals surface area contributed by atoms with Crippen molar-refractivity contribution in [3.8, 4) is 0 Å². The first-order chi connectivity index (χ1) is 14.9. The van der Waals surface area contributed by atoms with Gasteiger partial charge in [-0.25, -0.2) is 14.4 Å². The number of aryl methyl sites for hydroxylation is 2. The van der Waals surface area contributed by atoms with E-state index in [4.69, 9.17) is 0 Å². The van der Waals surface area contributed by atoms with Gasteiger partial charge in [0.1, 0.15) is 12.1 Å². The van der Waals surface area contributed by atoms with Crippen LogP contribution >= 0.6 is 23.1 Å². The van der Waals surface area contributed by atoms with Crippen molar-refractivity contribution in [2.75, 3.05) is 17.8 Å². The first-order valence-corrected chi connectivity index (χ1v) is 11.4. The monoisotopic (exact) mass is 463 g/mol. The minimum atomic E-state index is -0.501. The molecule has 0 radical (unpaired) electrons. The van der Waals surface area contributed by atoms with E-state index in [-0.39, 0.29) is 12.9 Å². The number of amides is 1. The van der Waals surface area contributed by atoms with Crippen LogP contribution in [-0.4, -0.2) is 51.1 Å². The molecule has 10 heteroatoms. The topological polar surface area (TPSA) is 90.7 Å². The second kappa shape index (κ2) is 12.3. The number of nitrogens with zero attached hydrogens (tertiary/aromatic N) is 4. The van der Waals surface area contributed by atoms with Gasteiger partial charge in [0.25, 0.3) is 5.91 Å². The van der Waals surface area contributed by atoms with E-state index in [0.29, 0.717) is 23.7 Å². The lowest BCUT2D eigenvalue weighted by Gasteiger charge is -2.26. The van der Waals surface area contributed by atoms with Crippen LogP contribution in [0.15, 0.2) is 41.3 Å². The molecule has 2 rings (SSSR count). The SMILES string of the molecule is C=N/C(=C\SCNc1ccc(C(=O)N(/C=C/F)[C@@H](CC)CO)cn1)c1sc(C)nc1C. The average Bonchev–Trinajstić information content (AvgIpc) is 3.11. The highest BCUT2D eigenvalue weighted by molar-refractivity contribution is 8.02. The van der Waals surface area contributed by atoms with Gasteiger partial charge in [0.05, 0.1) is 45.4 Å². The largest absolute Gasteiger partial charge is 0.394 e. The summed E-state index contributed by atoms with van der Waals surface area (Å²) in [6, 6.07) is 2.79. The minimum absolute atomic E-state index is 0.257. The molecule has 2 aromatic heterocycles. The molecule has 0 bridgehead atoms. The van der Waals surface area contributed by atoms with Crippen LogP contribution in [0.1, 0.15) is 39.3 Å². The Morgan fingerprint density at radius 3 is 2.77 bits per heavy atom. The van der Waals surface area contributed by atoms with Crippen LogP contribution in [0.25, 0.3) is 5.70 Å². The van der Waals surface area contributed by atoms with Gasteiger partial charge in [-0.15, -0.1) is 23.1 Å². The second-order valence-corrected chi connectivity index (χ2v) is 8.52. The lowest BCUT2D eigenvalue weighted by Crippen LogP contribution is -2.38. The van der Waals surface area contributed by atoms with Crippen LogP contribution in [0.3, 0.4) is 0 Å². The Bertz CT molecular complexity index is 940. The van der Waals surface area contributed by atoms with Gasteiger partial charge in [-0.3, -0.25) is 9.79 Å². The van der Waals surface area contributed by atoms with Crippen molar-refractivity contribution >= 4 is 47.2 Å². The summed E-state index contributed by atoms with van der Waals surface area (Å²) < 4.78 is 12.7. The van der Waals surface area contributed by atoms with E-state index in [1.165, 1.54) is 22.9 Å². The van der Waals surface area contributed by atoms with Crippen molar-refractivity contribution in [3.63, 3.8) is 0 Å². The predicted octanol–water partition coefficient (Wildman–Crippen LogP) is 4.61. The van der Waals surface area contributed by atoms with Gasteiger partial charge in [0, 0.05) is 12.4 Å². The predicted molar refractivity (Wildman–Crippen MR) is 127 cm³/mol. The molecule has 31 heavy (non-hydrogen) atoms. The fraction of sp³-hybridized carbons (Fsp3) is 0.333. The summed E-state index contributed by atoms with van der Waals surface area (Å²) in [7, 11) is 0. The Labute approximate surface area is 189 Å². The zero-order chi connectivity index (χ0) is 22.8. The van der Waals surface area contributed by atoms with Crippen LogP contribution in [-0.2, 0) is 0 Å². The second-order valence-electron chi connectivity index (χ2n) is 6.46. The summed E-state index contributed by atoms with van der Waals surface area (Å²) in [5.41, 5.74) is 2.01. The molecule has 0 fully saturated rings. The van der Waals surface area contributed by atoms with E-state index in [2.05, 4.69) is 27.0 Å². The van der Waals surface area contributed by atoms with E-state index >= 15 is 0 Å². The zero-order valence-corrected chi connectivity index (χ0v) is 19.3. The number of rotatable bonds is 11. The van der Waals surface area contributed by atoms with E-state index < -0.39 is 11.9 Å². The fourth-order valence-electron chi connectivity index (χ4n) is 2.77. The molecule has 7 nitrogen and oxygen atoms in total. The van der Waals surface area contributed by atoms with Crippen molar-refractivity contribution in [1.29, 1.82) is 0 Å². The standard InChI is InChI=1S/C21H26FN5O2S2/c1-5-17(11-28)27(9-8-22)21(29)16-6-7-19(24-10-16)25-13-30-12-18(23-4)20-14(2)26-15(3)31-20/h6-10,12,17,28H,4-5,11,13H2,1-3H3,(H,24,25)/b9-8+,18-12-/t17-/m0/s1. The van der Waals surface area contributed by atoms with Crippen LogP contribution in [0, 0.1) is 13.8 Å². The number of aromatic nitrogens is 2. The molecular weight excluding hydrogens is 437 g/mol. The minimum Gasteiger partial charge on any atom is -0.394 e. The first kappa shape index (κ1) is 24.7. The fourth-order valence-corrected chi connectivity index (χ4v) is 4.41. The van der Waals surface area contributed by atoms with Gasteiger partial charge in [-0.05, 0) is 44.5 Å². The van der Waals surface area contributed by atoms with Crippen molar-refractivity contribution in [3.05, 3.63) is 57.4 Å². The summed E-state index contributed by atoms with van der Waals surface area (Å²) in [5, 5.41) is 15.5. The quantitative estimate of drug-likeness (QED) is 0.287. The van der Waals surface area contributed by atoms with E-state index in [1.54, 1.807) is 23.5 Å². The smallest absolute Gasteiger partial charge is 0.259 e. The molecule has 0 aliphatic rings. The molecule has 0 unspecified atom stereocenters. The van der Waals surface area contributed by atoms with Crippen LogP contribution in [0.5, 0.6) is 0 Å². The zero-order valence-electron chi connectivity index (χ0n) is 17.7. The Kier molecular flexibility index (Phi) is 9.83. The third-order valence-corrected chi connectivity index (χ3v) is 6.17. The number of halogens is 1. The number of carbonyl (C=O) groups excluding carboxylic acids is 1. The number of pyridine rings is 1. The van der Waals surface area contributed by atoms with E-state index in [0.717, 1.165) is 27.5 Å². The van der Waals surface area contributed by atoms with Crippen molar-refractivity contribution < 1.29 is 14.3 Å². The molecule has 2 N–H and O–H groups in total. The lowest BCUT2D eigenvalue weighted by molar-refractivity contribution is 0.0698. The van der Waals surface area contributed by atoms with Crippen LogP contribution in [0.4, 0.5) is 10.2 Å². The number of aliphatic hydroxyl groups excluding tert-OH is 1. The molecule has 0 saturated carbocycles. The van der Waals surface area contributed by atoms with Crippen molar-refractivity contribution in [1.82, 2.24) is 14.9 Å². The highest BCUT2D eigenvalue weighted by Gasteiger charge is 2.21. The highest BCUT2D eigenvalue weighted by Crippen LogP contribution is 2.28. The molecule has 0 aliphatic carbocycles. The Balaban J connectivity index is 1.98. The summed E-state index contributed by atoms with van der Waals surface area (Å²) in [6.45, 7) is 9.10. The molecule has 2 heterocycles. The van der Waals surface area contributed by atoms with Gasteiger partial charge >= 0.3 is 0 Å². The number of thioether (sulfide) groups is 1. The Morgan fingerprint density at radius 2 is 2.26 bits per heavy atom. The van der Waals surface area contributed by atoms with E-state index in [9.17, 15) is 14.3 Å². The average molecular weight is 464 g/mol. The van der Waals surface area contributed by atoms with Gasteiger partial charge in [0.15, 0.2) is 0 Å². The molecule has 0 aliphatic heterocycles. The third kappa shape index (κ3) is 6.71. The Morgan fingerprint density at radius 1 is 1.48 bits per heavy atom. The lowest BCUT2D eigenvalue weighted by atomic mass is 10.1. The summed E-state index contributed by atoms with van der Waals surface area (Å²) in [5.74, 6) is 0.704. The number of anilines is 1. The summed E-state index contributed by atoms with van der Waals surface area (Å²) in [4.78, 5) is 27.6. The number of hydrogen-bond donors (Lipinski definition) is 2. The molecule has 1 amide bonds. The van der Waals surface area contributed by atoms with Crippen LogP contribution in [0.2, 0.25) is 0 Å². The van der Waals surface area contributed by atoms with Gasteiger partial charge in [-0.1, -0.05) is 6.92 Å². The first-order valence-electron chi connectivity index (χ1n) is 9.58. The number of aliphatic imine (C=N–C) groups is 1. The van der Waals surface area contributed by atoms with E-state index in [1.807, 2.05) is 26.2 Å². The van der Waals surface area contributed by atoms with Gasteiger partial charge in [-0.2, -0.15) is 0 Å². The molecule has 0 saturated heterocycles. The number of hydrogen-bond acceptors (Lipinski definition) is 8. The maximum absolute atomic E-state index is 12.7. The number of nitrogens with one attached hydrogen (secondary N) is 1. The maximum Gasteiger partial charge on any atom is 0.259 e. The molecule has 0 spiro atoms. The van der Waals surface area contributed by atoms with Crippen LogP contribution < -0.4 is 5.32 Å². The molecule has 2 aromatic rings. The number of carbonyl (C=O) groups is 1. The van der Waals surface area contributed by atoms with Crippen molar-refractivity contribution in [2.24, 2.45) is 4.99 Å². The normalized spacial score (nSPS) is 12.7. The number of aliphatic hydroxyl groups is 1. The van der Waals surface area contributed by atoms with Crippen molar-refractivity contribution in [2.45, 2.75) is 33.2 Å². The summed E-state index contributed by atoms with van der Waals surface area (Å²) in [6.07, 6.45) is 3.23.